The van der Waals surface area contributed by atoms with Crippen LogP contribution in [0.4, 0.5) is 0 Å². The van der Waals surface area contributed by atoms with E-state index < -0.39 is 0 Å². The van der Waals surface area contributed by atoms with Crippen LogP contribution < -0.4 is 4.57 Å². The number of methoxy groups -OCH3 is 1. The highest BCUT2D eigenvalue weighted by atomic mass is 16.5. The average Bonchev–Trinajstić information content (AvgIpc) is 2.82. The van der Waals surface area contributed by atoms with Gasteiger partial charge in [0.2, 0.25) is 0 Å². The SMILES string of the molecule is C=C(OC)C1C(CCO)c2c(cc(C(C)(C)C)c3ccccc23)-c2c3nccnc3nc[n+]21. The summed E-state index contributed by atoms with van der Waals surface area (Å²) in [6.45, 7) is 11.0. The summed E-state index contributed by atoms with van der Waals surface area (Å²) in [7, 11) is 1.64. The maximum Gasteiger partial charge on any atom is 0.296 e. The zero-order valence-corrected chi connectivity index (χ0v) is 19.5. The van der Waals surface area contributed by atoms with Crippen LogP contribution >= 0.6 is 0 Å². The molecule has 6 heteroatoms. The molecule has 2 unspecified atom stereocenters. The van der Waals surface area contributed by atoms with E-state index in [2.05, 4.69) is 72.2 Å². The van der Waals surface area contributed by atoms with Crippen molar-refractivity contribution >= 4 is 21.9 Å². The van der Waals surface area contributed by atoms with Crippen LogP contribution in [0.3, 0.4) is 0 Å². The Kier molecular flexibility index (Phi) is 5.13. The summed E-state index contributed by atoms with van der Waals surface area (Å²) in [5.74, 6) is 0.587. The average molecular weight is 442 g/mol. The third-order valence-corrected chi connectivity index (χ3v) is 6.70. The largest absolute Gasteiger partial charge is 0.497 e. The van der Waals surface area contributed by atoms with Gasteiger partial charge in [-0.25, -0.2) is 14.5 Å². The Hall–Kier alpha value is -3.38. The van der Waals surface area contributed by atoms with Crippen molar-refractivity contribution in [2.24, 2.45) is 0 Å². The van der Waals surface area contributed by atoms with Crippen LogP contribution in [0.1, 0.15) is 50.3 Å². The Morgan fingerprint density at radius 2 is 1.85 bits per heavy atom. The number of aliphatic hydroxyl groups is 1. The van der Waals surface area contributed by atoms with Crippen LogP contribution in [0.25, 0.3) is 33.2 Å². The number of nitrogens with zero attached hydrogens (tertiary/aromatic N) is 4. The Bertz CT molecular complexity index is 1390. The second-order valence-corrected chi connectivity index (χ2v) is 9.64. The lowest BCUT2D eigenvalue weighted by atomic mass is 9.74. The molecule has 5 rings (SSSR count). The third kappa shape index (κ3) is 3.28. The minimum Gasteiger partial charge on any atom is -0.497 e. The number of aliphatic hydroxyl groups excluding tert-OH is 1. The van der Waals surface area contributed by atoms with E-state index in [-0.39, 0.29) is 24.0 Å². The first kappa shape index (κ1) is 21.5. The summed E-state index contributed by atoms with van der Waals surface area (Å²) >= 11 is 0. The molecule has 0 aliphatic carbocycles. The van der Waals surface area contributed by atoms with Crippen molar-refractivity contribution in [1.82, 2.24) is 15.0 Å². The van der Waals surface area contributed by atoms with Crippen molar-refractivity contribution in [2.45, 2.75) is 44.6 Å². The molecule has 1 aliphatic heterocycles. The van der Waals surface area contributed by atoms with Gasteiger partial charge in [0.05, 0.1) is 7.11 Å². The first-order valence-electron chi connectivity index (χ1n) is 11.3. The molecule has 0 saturated carbocycles. The predicted octanol–water partition coefficient (Wildman–Crippen LogP) is 4.61. The van der Waals surface area contributed by atoms with Crippen LogP contribution in [0.15, 0.2) is 61.4 Å². The fourth-order valence-corrected chi connectivity index (χ4v) is 5.27. The Morgan fingerprint density at radius 1 is 1.12 bits per heavy atom. The number of benzene rings is 2. The lowest BCUT2D eigenvalue weighted by Crippen LogP contribution is -2.49. The molecule has 1 aliphatic rings. The topological polar surface area (TPSA) is 72.0 Å². The number of allylic oxidation sites excluding steroid dienone is 1. The maximum absolute atomic E-state index is 10.1. The molecule has 33 heavy (non-hydrogen) atoms. The van der Waals surface area contributed by atoms with E-state index >= 15 is 0 Å². The van der Waals surface area contributed by atoms with Gasteiger partial charge >= 0.3 is 0 Å². The maximum atomic E-state index is 10.1. The molecule has 3 heterocycles. The second kappa shape index (κ2) is 7.89. The zero-order chi connectivity index (χ0) is 23.3. The summed E-state index contributed by atoms with van der Waals surface area (Å²) in [5, 5.41) is 12.5. The van der Waals surface area contributed by atoms with E-state index in [1.807, 2.05) is 0 Å². The fourth-order valence-electron chi connectivity index (χ4n) is 5.27. The second-order valence-electron chi connectivity index (χ2n) is 9.64. The molecular formula is C27H29N4O2+. The Morgan fingerprint density at radius 3 is 2.55 bits per heavy atom. The quantitative estimate of drug-likeness (QED) is 0.370. The van der Waals surface area contributed by atoms with Crippen molar-refractivity contribution in [1.29, 1.82) is 0 Å². The van der Waals surface area contributed by atoms with Crippen molar-refractivity contribution in [2.75, 3.05) is 13.7 Å². The van der Waals surface area contributed by atoms with Crippen LogP contribution in [0.2, 0.25) is 0 Å². The highest BCUT2D eigenvalue weighted by molar-refractivity contribution is 5.98. The zero-order valence-electron chi connectivity index (χ0n) is 19.5. The van der Waals surface area contributed by atoms with Crippen LogP contribution in [-0.2, 0) is 10.2 Å². The van der Waals surface area contributed by atoms with Gasteiger partial charge in [-0.15, -0.1) is 0 Å². The van der Waals surface area contributed by atoms with E-state index in [1.54, 1.807) is 25.8 Å². The lowest BCUT2D eigenvalue weighted by Gasteiger charge is -2.35. The van der Waals surface area contributed by atoms with Crippen molar-refractivity contribution < 1.29 is 14.4 Å². The smallest absolute Gasteiger partial charge is 0.296 e. The van der Waals surface area contributed by atoms with Crippen LogP contribution in [0.5, 0.6) is 0 Å². The molecule has 2 atom stereocenters. The third-order valence-electron chi connectivity index (χ3n) is 6.70. The molecule has 2 aromatic heterocycles. The number of rotatable bonds is 4. The number of hydrogen-bond donors (Lipinski definition) is 1. The van der Waals surface area contributed by atoms with E-state index in [1.165, 1.54) is 21.9 Å². The standard InChI is InChI=1S/C27H29N4O2/c1-16(33-5)24-19(10-13-32)22-18-9-7-6-8-17(18)21(27(2,3)4)14-20(22)25-23-26(29-12-11-28-23)30-15-31(24)25/h6-9,11-12,14-15,19,24,32H,1,10,13H2,2-5H3/q+1. The summed E-state index contributed by atoms with van der Waals surface area (Å²) < 4.78 is 7.78. The molecule has 168 valence electrons. The monoisotopic (exact) mass is 441 g/mol. The van der Waals surface area contributed by atoms with E-state index in [4.69, 9.17) is 9.72 Å². The van der Waals surface area contributed by atoms with Gasteiger partial charge in [0.25, 0.3) is 12.0 Å². The molecule has 4 aromatic rings. The summed E-state index contributed by atoms with van der Waals surface area (Å²) in [4.78, 5) is 13.7. The normalized spacial score (nSPS) is 17.6. The van der Waals surface area contributed by atoms with E-state index in [9.17, 15) is 5.11 Å². The number of fused-ring (bicyclic) bond motifs is 7. The van der Waals surface area contributed by atoms with Gasteiger partial charge in [0.1, 0.15) is 5.76 Å². The van der Waals surface area contributed by atoms with Gasteiger partial charge in [-0.1, -0.05) is 51.6 Å². The molecule has 0 bridgehead atoms. The number of hydrogen-bond acceptors (Lipinski definition) is 5. The molecule has 2 aromatic carbocycles. The van der Waals surface area contributed by atoms with Gasteiger partial charge in [0, 0.05) is 30.5 Å². The minimum absolute atomic E-state index is 0.0372. The predicted molar refractivity (Wildman–Crippen MR) is 129 cm³/mol. The minimum atomic E-state index is -0.229. The molecule has 6 nitrogen and oxygen atoms in total. The van der Waals surface area contributed by atoms with Crippen molar-refractivity contribution in [3.8, 4) is 11.3 Å². The highest BCUT2D eigenvalue weighted by Crippen LogP contribution is 2.49. The van der Waals surface area contributed by atoms with Gasteiger partial charge < -0.3 is 9.84 Å². The van der Waals surface area contributed by atoms with Gasteiger partial charge in [-0.05, 0) is 44.8 Å². The Labute approximate surface area is 193 Å². The summed E-state index contributed by atoms with van der Waals surface area (Å²) in [5.41, 5.74) is 5.79. The number of ether oxygens (including phenoxy) is 1. The highest BCUT2D eigenvalue weighted by Gasteiger charge is 2.43. The van der Waals surface area contributed by atoms with Gasteiger partial charge in [-0.2, -0.15) is 0 Å². The Balaban J connectivity index is 2.00. The number of aromatic nitrogens is 4. The molecule has 0 fully saturated rings. The molecule has 0 radical (unpaired) electrons. The van der Waals surface area contributed by atoms with Crippen LogP contribution in [-0.4, -0.2) is 33.8 Å². The van der Waals surface area contributed by atoms with Crippen molar-refractivity contribution in [3.63, 3.8) is 0 Å². The molecule has 0 saturated heterocycles. The molecule has 0 spiro atoms. The summed E-state index contributed by atoms with van der Waals surface area (Å²) in [6, 6.07) is 10.6. The fraction of sp³-hybridized carbons (Fsp3) is 0.333. The summed E-state index contributed by atoms with van der Waals surface area (Å²) in [6.07, 6.45) is 5.75. The van der Waals surface area contributed by atoms with E-state index in [0.717, 1.165) is 16.8 Å². The molecule has 1 N–H and O–H groups in total. The first-order valence-corrected chi connectivity index (χ1v) is 11.3. The molecule has 0 amide bonds. The first-order chi connectivity index (χ1) is 15.9. The van der Waals surface area contributed by atoms with E-state index in [0.29, 0.717) is 17.8 Å². The van der Waals surface area contributed by atoms with Crippen molar-refractivity contribution in [3.05, 3.63) is 72.5 Å². The van der Waals surface area contributed by atoms with Crippen LogP contribution in [0, 0.1) is 0 Å². The molecular weight excluding hydrogens is 412 g/mol. The van der Waals surface area contributed by atoms with Gasteiger partial charge in [-0.3, -0.25) is 0 Å². The van der Waals surface area contributed by atoms with Gasteiger partial charge in [0.15, 0.2) is 17.3 Å². The lowest BCUT2D eigenvalue weighted by molar-refractivity contribution is -0.714.